The van der Waals surface area contributed by atoms with Crippen molar-refractivity contribution >= 4 is 10.0 Å². The minimum atomic E-state index is -3.97. The van der Waals surface area contributed by atoms with Crippen LogP contribution in [0.2, 0.25) is 0 Å². The highest BCUT2D eigenvalue weighted by Gasteiger charge is 2.21. The van der Waals surface area contributed by atoms with Gasteiger partial charge in [-0.05, 0) is 31.0 Å². The van der Waals surface area contributed by atoms with Crippen LogP contribution in [-0.4, -0.2) is 14.5 Å². The highest BCUT2D eigenvalue weighted by atomic mass is 32.2. The normalized spacial score (nSPS) is 17.2. The molecule has 1 fully saturated rings. The average Bonchev–Trinajstić information content (AvgIpc) is 2.83. The predicted molar refractivity (Wildman–Crippen MR) is 60.0 cm³/mol. The summed E-state index contributed by atoms with van der Waals surface area (Å²) in [6, 6.07) is 2.37. The predicted octanol–water partition coefficient (Wildman–Crippen LogP) is 2.12. The molecule has 18 heavy (non-hydrogen) atoms. The van der Waals surface area contributed by atoms with Crippen LogP contribution < -0.4 is 4.89 Å². The van der Waals surface area contributed by atoms with Crippen molar-refractivity contribution in [3.8, 4) is 0 Å². The quantitative estimate of drug-likeness (QED) is 0.858. The number of benzene rings is 1. The van der Waals surface area contributed by atoms with Gasteiger partial charge in [-0.3, -0.25) is 4.84 Å². The molecule has 0 saturated heterocycles. The van der Waals surface area contributed by atoms with Gasteiger partial charge in [0.25, 0.3) is 10.0 Å². The van der Waals surface area contributed by atoms with Crippen LogP contribution in [0.5, 0.6) is 0 Å². The van der Waals surface area contributed by atoms with Gasteiger partial charge in [0, 0.05) is 0 Å². The number of rotatable bonds is 4. The fraction of sp³-hybridized carbons (Fsp3) is 0.455. The van der Waals surface area contributed by atoms with Gasteiger partial charge < -0.3 is 0 Å². The van der Waals surface area contributed by atoms with E-state index in [1.807, 2.05) is 4.89 Å². The molecule has 0 aromatic heterocycles. The first-order valence-corrected chi connectivity index (χ1v) is 7.10. The maximum absolute atomic E-state index is 12.9. The molecule has 1 aromatic rings. The van der Waals surface area contributed by atoms with Gasteiger partial charge in [-0.25, -0.2) is 17.2 Å². The Kier molecular flexibility index (Phi) is 3.94. The van der Waals surface area contributed by atoms with Crippen LogP contribution in [0, 0.1) is 11.6 Å². The summed E-state index contributed by atoms with van der Waals surface area (Å²) in [5.74, 6) is -2.30. The molecule has 2 rings (SSSR count). The van der Waals surface area contributed by atoms with E-state index in [9.17, 15) is 17.2 Å². The average molecular weight is 277 g/mol. The maximum atomic E-state index is 12.9. The molecular formula is C11H13F2NO3S. The SMILES string of the molecule is O=S(=O)(NOC1CCCC1)c1ccc(F)c(F)c1. The lowest BCUT2D eigenvalue weighted by Crippen LogP contribution is -2.28. The molecule has 1 aliphatic carbocycles. The lowest BCUT2D eigenvalue weighted by molar-refractivity contribution is 0.0223. The topological polar surface area (TPSA) is 55.4 Å². The van der Waals surface area contributed by atoms with E-state index in [1.165, 1.54) is 0 Å². The Morgan fingerprint density at radius 3 is 2.44 bits per heavy atom. The van der Waals surface area contributed by atoms with Gasteiger partial charge in [0.15, 0.2) is 11.6 Å². The van der Waals surface area contributed by atoms with Crippen molar-refractivity contribution < 1.29 is 22.0 Å². The summed E-state index contributed by atoms with van der Waals surface area (Å²) in [7, 11) is -3.97. The molecule has 1 aromatic carbocycles. The number of sulfonamides is 1. The Labute approximate surface area is 104 Å². The first-order chi connectivity index (χ1) is 8.49. The molecule has 7 heteroatoms. The molecule has 0 amide bonds. The second kappa shape index (κ2) is 5.29. The van der Waals surface area contributed by atoms with Crippen LogP contribution >= 0.6 is 0 Å². The molecule has 1 aliphatic rings. The lowest BCUT2D eigenvalue weighted by atomic mass is 10.3. The molecule has 0 unspecified atom stereocenters. The molecule has 1 saturated carbocycles. The fourth-order valence-corrected chi connectivity index (χ4v) is 2.69. The molecule has 0 atom stereocenters. The molecule has 0 heterocycles. The summed E-state index contributed by atoms with van der Waals surface area (Å²) in [5.41, 5.74) is 0. The Morgan fingerprint density at radius 1 is 1.17 bits per heavy atom. The third-order valence-corrected chi connectivity index (χ3v) is 4.02. The van der Waals surface area contributed by atoms with E-state index in [-0.39, 0.29) is 11.0 Å². The van der Waals surface area contributed by atoms with Crippen LogP contribution in [0.25, 0.3) is 0 Å². The van der Waals surface area contributed by atoms with Crippen molar-refractivity contribution in [3.05, 3.63) is 29.8 Å². The van der Waals surface area contributed by atoms with E-state index >= 15 is 0 Å². The van der Waals surface area contributed by atoms with E-state index in [1.54, 1.807) is 0 Å². The largest absolute Gasteiger partial charge is 0.284 e. The van der Waals surface area contributed by atoms with Crippen LogP contribution in [0.3, 0.4) is 0 Å². The van der Waals surface area contributed by atoms with Crippen LogP contribution in [0.15, 0.2) is 23.1 Å². The van der Waals surface area contributed by atoms with Crippen LogP contribution in [-0.2, 0) is 14.9 Å². The zero-order valence-electron chi connectivity index (χ0n) is 9.53. The summed E-state index contributed by atoms with van der Waals surface area (Å²) in [5, 5.41) is 0. The summed E-state index contributed by atoms with van der Waals surface area (Å²) >= 11 is 0. The molecular weight excluding hydrogens is 264 g/mol. The second-order valence-corrected chi connectivity index (χ2v) is 5.83. The van der Waals surface area contributed by atoms with Crippen molar-refractivity contribution in [2.45, 2.75) is 36.7 Å². The molecule has 0 radical (unpaired) electrons. The third-order valence-electron chi connectivity index (χ3n) is 2.83. The minimum absolute atomic E-state index is 0.148. The highest BCUT2D eigenvalue weighted by Crippen LogP contribution is 2.21. The van der Waals surface area contributed by atoms with E-state index in [0.29, 0.717) is 6.07 Å². The van der Waals surface area contributed by atoms with Gasteiger partial charge in [0.2, 0.25) is 0 Å². The number of hydrogen-bond donors (Lipinski definition) is 1. The number of hydrogen-bond acceptors (Lipinski definition) is 3. The molecule has 0 aliphatic heterocycles. The Hall–Kier alpha value is -1.05. The zero-order valence-corrected chi connectivity index (χ0v) is 10.3. The van der Waals surface area contributed by atoms with Crippen molar-refractivity contribution in [1.82, 2.24) is 4.89 Å². The Bertz CT molecular complexity index is 527. The first kappa shape index (κ1) is 13.4. The second-order valence-electron chi connectivity index (χ2n) is 4.19. The lowest BCUT2D eigenvalue weighted by Gasteiger charge is -2.12. The summed E-state index contributed by atoms with van der Waals surface area (Å²) in [6.07, 6.45) is 3.43. The fourth-order valence-electron chi connectivity index (χ4n) is 1.83. The summed E-state index contributed by atoms with van der Waals surface area (Å²) < 4.78 is 49.1. The molecule has 0 bridgehead atoms. The monoisotopic (exact) mass is 277 g/mol. The van der Waals surface area contributed by atoms with Gasteiger partial charge in [-0.15, -0.1) is 0 Å². The highest BCUT2D eigenvalue weighted by molar-refractivity contribution is 7.89. The van der Waals surface area contributed by atoms with E-state index in [2.05, 4.69) is 0 Å². The van der Waals surface area contributed by atoms with Crippen molar-refractivity contribution in [2.24, 2.45) is 0 Å². The molecule has 1 N–H and O–H groups in total. The van der Waals surface area contributed by atoms with Crippen LogP contribution in [0.1, 0.15) is 25.7 Å². The third kappa shape index (κ3) is 3.04. The molecule has 100 valence electrons. The Balaban J connectivity index is 2.07. The van der Waals surface area contributed by atoms with Gasteiger partial charge in [-0.1, -0.05) is 17.7 Å². The minimum Gasteiger partial charge on any atom is -0.284 e. The van der Waals surface area contributed by atoms with Gasteiger partial charge in [0.1, 0.15) is 0 Å². The zero-order chi connectivity index (χ0) is 13.2. The van der Waals surface area contributed by atoms with Gasteiger partial charge in [-0.2, -0.15) is 0 Å². The van der Waals surface area contributed by atoms with Crippen molar-refractivity contribution in [3.63, 3.8) is 0 Å². The number of halogens is 2. The summed E-state index contributed by atoms with van der Waals surface area (Å²) in [4.78, 5) is 6.62. The standard InChI is InChI=1S/C11H13F2NO3S/c12-10-6-5-9(7-11(10)13)18(15,16)14-17-8-3-1-2-4-8/h5-8,14H,1-4H2. The van der Waals surface area contributed by atoms with Crippen LogP contribution in [0.4, 0.5) is 8.78 Å². The maximum Gasteiger partial charge on any atom is 0.262 e. The molecule has 4 nitrogen and oxygen atoms in total. The van der Waals surface area contributed by atoms with E-state index in [0.717, 1.165) is 37.8 Å². The first-order valence-electron chi connectivity index (χ1n) is 5.61. The van der Waals surface area contributed by atoms with E-state index < -0.39 is 21.7 Å². The Morgan fingerprint density at radius 2 is 1.83 bits per heavy atom. The van der Waals surface area contributed by atoms with Gasteiger partial charge >= 0.3 is 0 Å². The summed E-state index contributed by atoms with van der Waals surface area (Å²) in [6.45, 7) is 0. The van der Waals surface area contributed by atoms with Crippen molar-refractivity contribution in [2.75, 3.05) is 0 Å². The molecule has 0 spiro atoms. The van der Waals surface area contributed by atoms with Crippen molar-refractivity contribution in [1.29, 1.82) is 0 Å². The van der Waals surface area contributed by atoms with E-state index in [4.69, 9.17) is 4.84 Å². The smallest absolute Gasteiger partial charge is 0.262 e. The van der Waals surface area contributed by atoms with Gasteiger partial charge in [0.05, 0.1) is 11.0 Å². The number of nitrogens with one attached hydrogen (secondary N) is 1.